The number of thioether (sulfide) groups is 1. The van der Waals surface area contributed by atoms with Gasteiger partial charge in [-0.25, -0.2) is 0 Å². The maximum atomic E-state index is 9.44. The molecule has 5 nitrogen and oxygen atoms in total. The fourth-order valence-electron chi connectivity index (χ4n) is 1.78. The number of aliphatic hydroxyl groups excluding tert-OH is 2. The molecule has 19 heavy (non-hydrogen) atoms. The third kappa shape index (κ3) is 5.14. The van der Waals surface area contributed by atoms with Crippen LogP contribution in [0.3, 0.4) is 0 Å². The average Bonchev–Trinajstić information content (AvgIpc) is 2.61. The van der Waals surface area contributed by atoms with E-state index in [4.69, 9.17) is 5.11 Å². The number of nitrogens with one attached hydrogen (secondary N) is 1. The zero-order valence-electron chi connectivity index (χ0n) is 12.2. The molecular weight excluding hydrogens is 262 g/mol. The molecule has 1 rings (SSSR count). The number of aromatic nitrogens is 2. The monoisotopic (exact) mass is 287 g/mol. The van der Waals surface area contributed by atoms with E-state index in [0.29, 0.717) is 11.7 Å². The lowest BCUT2D eigenvalue weighted by Crippen LogP contribution is -2.20. The summed E-state index contributed by atoms with van der Waals surface area (Å²) in [5.74, 6) is 1.09. The number of aryl methyl sites for hydroxylation is 2. The first-order valence-electron chi connectivity index (χ1n) is 6.60. The average molecular weight is 287 g/mol. The number of rotatable bonds is 8. The zero-order chi connectivity index (χ0) is 14.4. The van der Waals surface area contributed by atoms with Crippen LogP contribution in [0.4, 0.5) is 0 Å². The molecule has 0 fully saturated rings. The SMILES string of the molecule is Cc1nn(C)c(SCC(O)CO)c1CNCC(C)C. The van der Waals surface area contributed by atoms with Crippen molar-refractivity contribution in [1.29, 1.82) is 0 Å². The van der Waals surface area contributed by atoms with E-state index in [-0.39, 0.29) is 6.61 Å². The summed E-state index contributed by atoms with van der Waals surface area (Å²) in [6.45, 7) is 7.91. The number of hydrogen-bond acceptors (Lipinski definition) is 5. The lowest BCUT2D eigenvalue weighted by atomic mass is 10.2. The molecule has 0 aliphatic rings. The van der Waals surface area contributed by atoms with Gasteiger partial charge in [0.2, 0.25) is 0 Å². The summed E-state index contributed by atoms with van der Waals surface area (Å²) >= 11 is 1.54. The Morgan fingerprint density at radius 1 is 1.42 bits per heavy atom. The van der Waals surface area contributed by atoms with E-state index < -0.39 is 6.10 Å². The van der Waals surface area contributed by atoms with Crippen LogP contribution in [0.1, 0.15) is 25.1 Å². The Morgan fingerprint density at radius 2 is 2.11 bits per heavy atom. The summed E-state index contributed by atoms with van der Waals surface area (Å²) in [6, 6.07) is 0. The maximum absolute atomic E-state index is 9.44. The standard InChI is InChI=1S/C13H25N3O2S/c1-9(2)5-14-6-12-10(3)15-16(4)13(12)19-8-11(18)7-17/h9,11,14,17-18H,5-8H2,1-4H3. The molecule has 1 unspecified atom stereocenters. The van der Waals surface area contributed by atoms with Crippen molar-refractivity contribution in [3.05, 3.63) is 11.3 Å². The molecule has 0 saturated carbocycles. The Labute approximate surface area is 119 Å². The molecule has 0 saturated heterocycles. The summed E-state index contributed by atoms with van der Waals surface area (Å²) < 4.78 is 1.84. The lowest BCUT2D eigenvalue weighted by Gasteiger charge is -2.11. The van der Waals surface area contributed by atoms with Crippen molar-refractivity contribution in [3.63, 3.8) is 0 Å². The van der Waals surface area contributed by atoms with Crippen molar-refractivity contribution in [1.82, 2.24) is 15.1 Å². The van der Waals surface area contributed by atoms with E-state index >= 15 is 0 Å². The van der Waals surface area contributed by atoms with Gasteiger partial charge in [-0.15, -0.1) is 11.8 Å². The minimum Gasteiger partial charge on any atom is -0.394 e. The molecule has 6 heteroatoms. The minimum atomic E-state index is -0.684. The van der Waals surface area contributed by atoms with Crippen molar-refractivity contribution in [2.75, 3.05) is 18.9 Å². The van der Waals surface area contributed by atoms with Gasteiger partial charge in [-0.1, -0.05) is 13.8 Å². The van der Waals surface area contributed by atoms with E-state index in [1.54, 1.807) is 0 Å². The van der Waals surface area contributed by atoms with Crippen molar-refractivity contribution in [2.45, 2.75) is 38.4 Å². The van der Waals surface area contributed by atoms with Gasteiger partial charge in [-0.3, -0.25) is 4.68 Å². The Bertz CT molecular complexity index is 393. The predicted molar refractivity (Wildman–Crippen MR) is 78.3 cm³/mol. The maximum Gasteiger partial charge on any atom is 0.0985 e. The minimum absolute atomic E-state index is 0.204. The van der Waals surface area contributed by atoms with Gasteiger partial charge < -0.3 is 15.5 Å². The highest BCUT2D eigenvalue weighted by Crippen LogP contribution is 2.25. The molecule has 0 aromatic carbocycles. The number of hydrogen-bond donors (Lipinski definition) is 3. The van der Waals surface area contributed by atoms with Gasteiger partial charge in [0.25, 0.3) is 0 Å². The summed E-state index contributed by atoms with van der Waals surface area (Å²) in [5.41, 5.74) is 2.19. The van der Waals surface area contributed by atoms with Crippen LogP contribution in [0.2, 0.25) is 0 Å². The Hall–Kier alpha value is -0.560. The topological polar surface area (TPSA) is 70.3 Å². The van der Waals surface area contributed by atoms with Gasteiger partial charge in [-0.2, -0.15) is 5.10 Å². The Morgan fingerprint density at radius 3 is 2.68 bits per heavy atom. The van der Waals surface area contributed by atoms with Crippen LogP contribution in [-0.4, -0.2) is 45.0 Å². The highest BCUT2D eigenvalue weighted by Gasteiger charge is 2.15. The molecule has 110 valence electrons. The van der Waals surface area contributed by atoms with Gasteiger partial charge >= 0.3 is 0 Å². The second-order valence-corrected chi connectivity index (χ2v) is 6.17. The van der Waals surface area contributed by atoms with Crippen molar-refractivity contribution >= 4 is 11.8 Å². The van der Waals surface area contributed by atoms with Crippen LogP contribution in [0, 0.1) is 12.8 Å². The van der Waals surface area contributed by atoms with E-state index in [2.05, 4.69) is 24.3 Å². The van der Waals surface area contributed by atoms with Crippen LogP contribution >= 0.6 is 11.8 Å². The summed E-state index contributed by atoms with van der Waals surface area (Å²) in [7, 11) is 1.91. The van der Waals surface area contributed by atoms with Gasteiger partial charge in [-0.05, 0) is 19.4 Å². The molecular formula is C13H25N3O2S. The lowest BCUT2D eigenvalue weighted by molar-refractivity contribution is 0.113. The van der Waals surface area contributed by atoms with Gasteiger partial charge in [0.1, 0.15) is 0 Å². The predicted octanol–water partition coefficient (Wildman–Crippen LogP) is 0.919. The fraction of sp³-hybridized carbons (Fsp3) is 0.769. The van der Waals surface area contributed by atoms with E-state index in [1.165, 1.54) is 17.3 Å². The first kappa shape index (κ1) is 16.5. The molecule has 0 aliphatic heterocycles. The van der Waals surface area contributed by atoms with E-state index in [1.807, 2.05) is 18.7 Å². The van der Waals surface area contributed by atoms with Crippen LogP contribution in [0.25, 0.3) is 0 Å². The van der Waals surface area contributed by atoms with Gasteiger partial charge in [0.05, 0.1) is 23.4 Å². The number of aliphatic hydroxyl groups is 2. The van der Waals surface area contributed by atoms with Crippen molar-refractivity contribution in [2.24, 2.45) is 13.0 Å². The van der Waals surface area contributed by atoms with Crippen LogP contribution in [0.15, 0.2) is 5.03 Å². The molecule has 0 radical (unpaired) electrons. The highest BCUT2D eigenvalue weighted by atomic mass is 32.2. The largest absolute Gasteiger partial charge is 0.394 e. The first-order valence-corrected chi connectivity index (χ1v) is 7.59. The second-order valence-electron chi connectivity index (χ2n) is 5.16. The normalized spacial score (nSPS) is 13.2. The quantitative estimate of drug-likeness (QED) is 0.620. The molecule has 0 aliphatic carbocycles. The molecule has 1 aromatic heterocycles. The molecule has 0 bridgehead atoms. The fourth-order valence-corrected chi connectivity index (χ4v) is 2.86. The van der Waals surface area contributed by atoms with Crippen molar-refractivity contribution in [3.8, 4) is 0 Å². The third-order valence-corrected chi connectivity index (χ3v) is 4.10. The van der Waals surface area contributed by atoms with Gasteiger partial charge in [0, 0.05) is 24.9 Å². The smallest absolute Gasteiger partial charge is 0.0985 e. The van der Waals surface area contributed by atoms with Crippen molar-refractivity contribution < 1.29 is 10.2 Å². The van der Waals surface area contributed by atoms with Crippen LogP contribution < -0.4 is 5.32 Å². The first-order chi connectivity index (χ1) is 8.95. The van der Waals surface area contributed by atoms with Gasteiger partial charge in [0.15, 0.2) is 0 Å². The van der Waals surface area contributed by atoms with Crippen LogP contribution in [0.5, 0.6) is 0 Å². The highest BCUT2D eigenvalue weighted by molar-refractivity contribution is 7.99. The number of nitrogens with zero attached hydrogens (tertiary/aromatic N) is 2. The molecule has 3 N–H and O–H groups in total. The molecule has 1 heterocycles. The molecule has 1 aromatic rings. The second kappa shape index (κ2) is 7.89. The van der Waals surface area contributed by atoms with Crippen LogP contribution in [-0.2, 0) is 13.6 Å². The third-order valence-electron chi connectivity index (χ3n) is 2.77. The zero-order valence-corrected chi connectivity index (χ0v) is 13.0. The summed E-state index contributed by atoms with van der Waals surface area (Å²) in [4.78, 5) is 0. The Kier molecular flexibility index (Phi) is 6.85. The molecule has 0 amide bonds. The molecule has 1 atom stereocenters. The molecule has 0 spiro atoms. The van der Waals surface area contributed by atoms with E-state index in [9.17, 15) is 5.11 Å². The Balaban J connectivity index is 2.67. The summed E-state index contributed by atoms with van der Waals surface area (Å²) in [5, 5.41) is 27.2. The van der Waals surface area contributed by atoms with E-state index in [0.717, 1.165) is 23.8 Å². The summed E-state index contributed by atoms with van der Waals surface area (Å²) in [6.07, 6.45) is -0.684.